The lowest BCUT2D eigenvalue weighted by atomic mass is 10.2. The van der Waals surface area contributed by atoms with Gasteiger partial charge in [-0.25, -0.2) is 19.2 Å². The van der Waals surface area contributed by atoms with Crippen molar-refractivity contribution in [2.75, 3.05) is 24.5 Å². The van der Waals surface area contributed by atoms with Crippen molar-refractivity contribution in [2.45, 2.75) is 19.1 Å². The maximum absolute atomic E-state index is 13.3. The van der Waals surface area contributed by atoms with Crippen LogP contribution in [0.25, 0.3) is 11.4 Å². The standard InChI is InChI=1S/C18H18FN7O/c19-12-3-5-24(10-12)17-9-21-16(8-22-17)15-6-14-11-25(18(27)26(14)23-15)13-2-1-4-20-7-13/h1-2,6-9,12,20H,3-5,10-11H2/t12-/m0/s1. The second kappa shape index (κ2) is 6.19. The second-order valence-electron chi connectivity index (χ2n) is 6.77. The molecule has 0 spiro atoms. The number of halogens is 1. The number of dihydropyridines is 1. The van der Waals surface area contributed by atoms with Gasteiger partial charge in [0.2, 0.25) is 0 Å². The molecule has 5 heterocycles. The van der Waals surface area contributed by atoms with E-state index in [9.17, 15) is 9.18 Å². The van der Waals surface area contributed by atoms with Gasteiger partial charge in [-0.3, -0.25) is 4.90 Å². The van der Waals surface area contributed by atoms with Gasteiger partial charge in [0.05, 0.1) is 36.9 Å². The molecule has 0 unspecified atom stereocenters. The smallest absolute Gasteiger partial charge is 0.349 e. The van der Waals surface area contributed by atoms with Crippen molar-refractivity contribution in [3.05, 3.63) is 48.2 Å². The summed E-state index contributed by atoms with van der Waals surface area (Å²) in [5.74, 6) is 0.663. The summed E-state index contributed by atoms with van der Waals surface area (Å²) in [6.45, 7) is 2.23. The molecule has 2 aromatic heterocycles. The van der Waals surface area contributed by atoms with Crippen molar-refractivity contribution < 1.29 is 9.18 Å². The summed E-state index contributed by atoms with van der Waals surface area (Å²) < 4.78 is 14.8. The van der Waals surface area contributed by atoms with Gasteiger partial charge in [0.15, 0.2) is 0 Å². The highest BCUT2D eigenvalue weighted by atomic mass is 19.1. The van der Waals surface area contributed by atoms with Crippen LogP contribution < -0.4 is 10.2 Å². The fraction of sp³-hybridized carbons (Fsp3) is 0.333. The van der Waals surface area contributed by atoms with E-state index in [1.165, 1.54) is 4.68 Å². The van der Waals surface area contributed by atoms with E-state index >= 15 is 0 Å². The highest BCUT2D eigenvalue weighted by Crippen LogP contribution is 2.27. The maximum Gasteiger partial charge on any atom is 0.349 e. The minimum absolute atomic E-state index is 0.188. The number of rotatable bonds is 3. The van der Waals surface area contributed by atoms with E-state index in [2.05, 4.69) is 20.4 Å². The molecule has 1 saturated heterocycles. The topological polar surface area (TPSA) is 79.2 Å². The predicted octanol–water partition coefficient (Wildman–Crippen LogP) is 1.67. The summed E-state index contributed by atoms with van der Waals surface area (Å²) in [6, 6.07) is 1.67. The SMILES string of the molecule is O=C1N(C2=CNCC=C2)Cc2cc(-c3cnc(N4CC[C@H](F)C4)cn3)nn21. The minimum atomic E-state index is -0.805. The zero-order chi connectivity index (χ0) is 18.4. The Hall–Kier alpha value is -3.23. The molecule has 2 aromatic rings. The molecule has 1 atom stereocenters. The van der Waals surface area contributed by atoms with Crippen LogP contribution in [0.5, 0.6) is 0 Å². The maximum atomic E-state index is 13.3. The first-order valence-corrected chi connectivity index (χ1v) is 8.91. The van der Waals surface area contributed by atoms with Crippen molar-refractivity contribution in [3.63, 3.8) is 0 Å². The average molecular weight is 367 g/mol. The normalized spacial score (nSPS) is 21.4. The number of aromatic nitrogens is 4. The Labute approximate surface area is 155 Å². The van der Waals surface area contributed by atoms with Crippen LogP contribution in [0.4, 0.5) is 15.0 Å². The lowest BCUT2D eigenvalue weighted by Crippen LogP contribution is -2.28. The van der Waals surface area contributed by atoms with E-state index in [0.29, 0.717) is 43.3 Å². The molecule has 1 fully saturated rings. The van der Waals surface area contributed by atoms with E-state index in [1.54, 1.807) is 17.3 Å². The number of allylic oxidation sites excluding steroid dienone is 1. The summed E-state index contributed by atoms with van der Waals surface area (Å²) in [6.07, 6.45) is 8.70. The van der Waals surface area contributed by atoms with E-state index in [4.69, 9.17) is 0 Å². The van der Waals surface area contributed by atoms with Crippen LogP contribution in [0.15, 0.2) is 42.5 Å². The van der Waals surface area contributed by atoms with Gasteiger partial charge < -0.3 is 10.2 Å². The van der Waals surface area contributed by atoms with E-state index in [-0.39, 0.29) is 6.03 Å². The van der Waals surface area contributed by atoms with Crippen LogP contribution in [0.1, 0.15) is 12.1 Å². The van der Waals surface area contributed by atoms with Gasteiger partial charge in [-0.05, 0) is 18.6 Å². The molecule has 138 valence electrons. The number of anilines is 1. The first-order valence-electron chi connectivity index (χ1n) is 8.91. The molecule has 27 heavy (non-hydrogen) atoms. The Kier molecular flexibility index (Phi) is 3.66. The van der Waals surface area contributed by atoms with Crippen LogP contribution in [-0.4, -0.2) is 56.5 Å². The van der Waals surface area contributed by atoms with Gasteiger partial charge >= 0.3 is 6.03 Å². The van der Waals surface area contributed by atoms with Crippen molar-refractivity contribution in [1.29, 1.82) is 0 Å². The summed E-state index contributed by atoms with van der Waals surface area (Å²) in [4.78, 5) is 25.0. The molecule has 0 radical (unpaired) electrons. The van der Waals surface area contributed by atoms with E-state index < -0.39 is 6.17 Å². The van der Waals surface area contributed by atoms with Crippen molar-refractivity contribution >= 4 is 11.8 Å². The average Bonchev–Trinajstić information content (AvgIpc) is 3.39. The molecule has 5 rings (SSSR count). The van der Waals surface area contributed by atoms with Crippen LogP contribution >= 0.6 is 0 Å². The number of hydrogen-bond acceptors (Lipinski definition) is 6. The van der Waals surface area contributed by atoms with Gasteiger partial charge in [0, 0.05) is 19.3 Å². The Balaban J connectivity index is 1.35. The fourth-order valence-electron chi connectivity index (χ4n) is 3.54. The van der Waals surface area contributed by atoms with Crippen LogP contribution in [0.2, 0.25) is 0 Å². The molecule has 0 saturated carbocycles. The molecule has 0 aromatic carbocycles. The second-order valence-corrected chi connectivity index (χ2v) is 6.77. The Morgan fingerprint density at radius 3 is 2.81 bits per heavy atom. The third kappa shape index (κ3) is 2.75. The number of alkyl halides is 1. The molecule has 1 amide bonds. The zero-order valence-electron chi connectivity index (χ0n) is 14.5. The third-order valence-corrected chi connectivity index (χ3v) is 4.96. The Bertz CT molecular complexity index is 949. The monoisotopic (exact) mass is 367 g/mol. The van der Waals surface area contributed by atoms with Gasteiger partial charge in [0.25, 0.3) is 0 Å². The van der Waals surface area contributed by atoms with Crippen molar-refractivity contribution in [3.8, 4) is 11.4 Å². The molecule has 0 bridgehead atoms. The van der Waals surface area contributed by atoms with Crippen molar-refractivity contribution in [2.24, 2.45) is 0 Å². The van der Waals surface area contributed by atoms with E-state index in [1.807, 2.05) is 29.3 Å². The van der Waals surface area contributed by atoms with Crippen LogP contribution in [0, 0.1) is 0 Å². The molecule has 9 heteroatoms. The molecular formula is C18H18FN7O. The zero-order valence-corrected chi connectivity index (χ0v) is 14.5. The van der Waals surface area contributed by atoms with E-state index in [0.717, 1.165) is 17.9 Å². The lowest BCUT2D eigenvalue weighted by molar-refractivity contribution is 0.220. The summed E-state index contributed by atoms with van der Waals surface area (Å²) >= 11 is 0. The highest BCUT2D eigenvalue weighted by Gasteiger charge is 2.31. The van der Waals surface area contributed by atoms with Crippen LogP contribution in [-0.2, 0) is 6.54 Å². The van der Waals surface area contributed by atoms with Crippen LogP contribution in [0.3, 0.4) is 0 Å². The molecule has 3 aliphatic heterocycles. The minimum Gasteiger partial charge on any atom is -0.386 e. The summed E-state index contributed by atoms with van der Waals surface area (Å²) in [7, 11) is 0. The largest absolute Gasteiger partial charge is 0.386 e. The number of nitrogens with one attached hydrogen (secondary N) is 1. The quantitative estimate of drug-likeness (QED) is 0.889. The Morgan fingerprint density at radius 1 is 1.22 bits per heavy atom. The summed E-state index contributed by atoms with van der Waals surface area (Å²) in [5, 5.41) is 7.51. The van der Waals surface area contributed by atoms with Gasteiger partial charge in [-0.1, -0.05) is 6.08 Å². The van der Waals surface area contributed by atoms with Gasteiger partial charge in [0.1, 0.15) is 23.4 Å². The third-order valence-electron chi connectivity index (χ3n) is 4.96. The Morgan fingerprint density at radius 2 is 2.15 bits per heavy atom. The molecule has 1 N–H and O–H groups in total. The molecular weight excluding hydrogens is 349 g/mol. The number of fused-ring (bicyclic) bond motifs is 1. The van der Waals surface area contributed by atoms with Gasteiger partial charge in [-0.2, -0.15) is 9.78 Å². The van der Waals surface area contributed by atoms with Gasteiger partial charge in [-0.15, -0.1) is 0 Å². The molecule has 0 aliphatic carbocycles. The first-order chi connectivity index (χ1) is 13.2. The fourth-order valence-corrected chi connectivity index (χ4v) is 3.54. The number of hydrogen-bond donors (Lipinski definition) is 1. The number of nitrogens with zero attached hydrogens (tertiary/aromatic N) is 6. The number of carbonyl (C=O) groups is 1. The number of carbonyl (C=O) groups excluding carboxylic acids is 1. The summed E-state index contributed by atoms with van der Waals surface area (Å²) in [5.41, 5.74) is 2.82. The molecule has 8 nitrogen and oxygen atoms in total. The lowest BCUT2D eigenvalue weighted by Gasteiger charge is -2.18. The number of amides is 1. The highest BCUT2D eigenvalue weighted by molar-refractivity contribution is 5.82. The van der Waals surface area contributed by atoms with Crippen molar-refractivity contribution in [1.82, 2.24) is 30.0 Å². The molecule has 3 aliphatic rings. The first kappa shape index (κ1) is 16.0. The predicted molar refractivity (Wildman–Crippen MR) is 96.5 cm³/mol.